The molecule has 0 amide bonds. The predicted octanol–water partition coefficient (Wildman–Crippen LogP) is 14.1. The Kier molecular flexibility index (Phi) is 8.29. The van der Waals surface area contributed by atoms with E-state index in [4.69, 9.17) is 4.99 Å². The Balaban J connectivity index is 1.16. The lowest BCUT2D eigenvalue weighted by atomic mass is 9.87. The fourth-order valence-electron chi connectivity index (χ4n) is 9.00. The largest absolute Gasteiger partial charge is 0.359 e. The molecule has 0 unspecified atom stereocenters. The molecule has 1 N–H and O–H groups in total. The normalized spacial score (nSPS) is 16.2. The molecule has 3 nitrogen and oxygen atoms in total. The van der Waals surface area contributed by atoms with Gasteiger partial charge >= 0.3 is 0 Å². The van der Waals surface area contributed by atoms with E-state index in [1.807, 2.05) is 0 Å². The van der Waals surface area contributed by atoms with E-state index in [9.17, 15) is 0 Å². The van der Waals surface area contributed by atoms with Crippen molar-refractivity contribution in [3.05, 3.63) is 223 Å². The minimum absolute atomic E-state index is 0.808. The molecule has 0 aliphatic carbocycles. The van der Waals surface area contributed by atoms with Gasteiger partial charge in [0.1, 0.15) is 0 Å². The van der Waals surface area contributed by atoms with Crippen LogP contribution < -0.4 is 5.32 Å². The van der Waals surface area contributed by atoms with Gasteiger partial charge in [0.2, 0.25) is 0 Å². The highest BCUT2D eigenvalue weighted by Gasteiger charge is 2.19. The van der Waals surface area contributed by atoms with Crippen LogP contribution in [0.15, 0.2) is 211 Å². The van der Waals surface area contributed by atoms with Crippen molar-refractivity contribution < 1.29 is 0 Å². The van der Waals surface area contributed by atoms with Crippen molar-refractivity contribution in [2.75, 3.05) is 0 Å². The quantitative estimate of drug-likeness (QED) is 0.175. The number of nitrogens with zero attached hydrogens (tertiary/aromatic N) is 2. The van der Waals surface area contributed by atoms with Crippen LogP contribution in [-0.4, -0.2) is 10.3 Å². The van der Waals surface area contributed by atoms with Crippen LogP contribution in [0.1, 0.15) is 29.5 Å². The molecule has 0 radical (unpaired) electrons. The summed E-state index contributed by atoms with van der Waals surface area (Å²) in [5.74, 6) is 0. The van der Waals surface area contributed by atoms with Gasteiger partial charge in [-0.2, -0.15) is 0 Å². The van der Waals surface area contributed by atoms with Crippen molar-refractivity contribution in [1.29, 1.82) is 0 Å². The van der Waals surface area contributed by atoms with Crippen LogP contribution >= 0.6 is 0 Å². The molecular weight excluding hydrogens is 703 g/mol. The van der Waals surface area contributed by atoms with Crippen molar-refractivity contribution in [2.24, 2.45) is 4.99 Å². The zero-order chi connectivity index (χ0) is 38.4. The first-order chi connectivity index (χ1) is 28.8. The highest BCUT2D eigenvalue weighted by molar-refractivity contribution is 6.28. The van der Waals surface area contributed by atoms with E-state index >= 15 is 0 Å². The summed E-state index contributed by atoms with van der Waals surface area (Å²) in [4.78, 5) is 5.34. The number of hydrogen-bond donors (Lipinski definition) is 1. The Labute approximate surface area is 337 Å². The lowest BCUT2D eigenvalue weighted by molar-refractivity contribution is 1.08. The molecule has 11 rings (SSSR count). The number of aromatic nitrogens is 1. The number of rotatable bonds is 5. The van der Waals surface area contributed by atoms with Gasteiger partial charge < -0.3 is 9.88 Å². The maximum atomic E-state index is 5.34. The molecule has 3 heteroatoms. The maximum absolute atomic E-state index is 5.34. The standard InChI is InChI=1S/C55H39N3/c1-4-17-37(18-5-1)50-28-16-29-51(56-36-52(57-50)38-19-6-2-7-20-38)49-35-40(34-48-44-25-11-10-23-42(44)43-24-12-13-27-46(43)55(48)49)39-31-32-54-47(33-39)45-26-14-15-30-53(45)58(54)41-21-8-3-9-22-41/h1-15,17-27,29-36,56H,16,28H2/b51-29-,52-36+,57-50+. The van der Waals surface area contributed by atoms with Gasteiger partial charge in [0.15, 0.2) is 0 Å². The van der Waals surface area contributed by atoms with E-state index in [1.165, 1.54) is 70.8 Å². The minimum Gasteiger partial charge on any atom is -0.359 e. The Morgan fingerprint density at radius 3 is 1.74 bits per heavy atom. The van der Waals surface area contributed by atoms with Crippen molar-refractivity contribution in [1.82, 2.24) is 9.88 Å². The van der Waals surface area contributed by atoms with Gasteiger partial charge in [-0.25, -0.2) is 0 Å². The maximum Gasteiger partial charge on any atom is 0.0865 e. The topological polar surface area (TPSA) is 29.3 Å². The third kappa shape index (κ3) is 5.79. The summed E-state index contributed by atoms with van der Waals surface area (Å²) in [6, 6.07) is 70.1. The molecule has 1 aromatic heterocycles. The van der Waals surface area contributed by atoms with Gasteiger partial charge in [0.05, 0.1) is 16.7 Å². The van der Waals surface area contributed by atoms with E-state index in [0.29, 0.717) is 0 Å². The first-order valence-corrected chi connectivity index (χ1v) is 20.1. The van der Waals surface area contributed by atoms with E-state index in [0.717, 1.165) is 46.8 Å². The van der Waals surface area contributed by atoms with Crippen molar-refractivity contribution in [3.63, 3.8) is 0 Å². The Morgan fingerprint density at radius 2 is 1.00 bits per heavy atom. The molecule has 274 valence electrons. The van der Waals surface area contributed by atoms with Crippen molar-refractivity contribution in [2.45, 2.75) is 12.8 Å². The molecule has 58 heavy (non-hydrogen) atoms. The van der Waals surface area contributed by atoms with E-state index in [-0.39, 0.29) is 0 Å². The molecule has 0 saturated carbocycles. The van der Waals surface area contributed by atoms with Crippen LogP contribution in [0, 0.1) is 0 Å². The zero-order valence-electron chi connectivity index (χ0n) is 31.9. The fraction of sp³-hybridized carbons (Fsp3) is 0.0364. The fourth-order valence-corrected chi connectivity index (χ4v) is 9.00. The number of allylic oxidation sites excluding steroid dienone is 1. The van der Waals surface area contributed by atoms with Crippen LogP contribution in [0.2, 0.25) is 0 Å². The van der Waals surface area contributed by atoms with Gasteiger partial charge in [0, 0.05) is 45.2 Å². The zero-order valence-corrected chi connectivity index (χ0v) is 31.9. The summed E-state index contributed by atoms with van der Waals surface area (Å²) >= 11 is 0. The third-order valence-electron chi connectivity index (χ3n) is 11.7. The minimum atomic E-state index is 0.808. The van der Waals surface area contributed by atoms with Gasteiger partial charge in [-0.1, -0.05) is 158 Å². The van der Waals surface area contributed by atoms with Crippen LogP contribution in [0.5, 0.6) is 0 Å². The predicted molar refractivity (Wildman–Crippen MR) is 246 cm³/mol. The monoisotopic (exact) mass is 741 g/mol. The first kappa shape index (κ1) is 33.8. The van der Waals surface area contributed by atoms with Crippen molar-refractivity contribution >= 4 is 71.2 Å². The van der Waals surface area contributed by atoms with Crippen LogP contribution in [0.3, 0.4) is 0 Å². The summed E-state index contributed by atoms with van der Waals surface area (Å²) in [6.45, 7) is 0. The number of para-hydroxylation sites is 2. The second-order valence-electron chi connectivity index (χ2n) is 15.1. The van der Waals surface area contributed by atoms with Gasteiger partial charge in [-0.05, 0) is 104 Å². The molecule has 0 spiro atoms. The second-order valence-corrected chi connectivity index (χ2v) is 15.1. The number of aliphatic imine (C=N–C) groups is 1. The summed E-state index contributed by atoms with van der Waals surface area (Å²) in [5, 5.41) is 13.8. The molecule has 9 aromatic carbocycles. The van der Waals surface area contributed by atoms with Gasteiger partial charge in [0.25, 0.3) is 0 Å². The Morgan fingerprint density at radius 1 is 0.431 bits per heavy atom. The molecule has 0 bridgehead atoms. The Bertz CT molecular complexity index is 3280. The molecule has 2 heterocycles. The van der Waals surface area contributed by atoms with Crippen molar-refractivity contribution in [3.8, 4) is 16.8 Å². The van der Waals surface area contributed by atoms with Gasteiger partial charge in [-0.15, -0.1) is 0 Å². The lowest BCUT2D eigenvalue weighted by Crippen LogP contribution is -2.06. The van der Waals surface area contributed by atoms with Crippen LogP contribution in [0.25, 0.3) is 82.3 Å². The summed E-state index contributed by atoms with van der Waals surface area (Å²) in [5.41, 5.74) is 12.4. The molecule has 0 atom stereocenters. The van der Waals surface area contributed by atoms with E-state index < -0.39 is 0 Å². The highest BCUT2D eigenvalue weighted by atomic mass is 15.0. The first-order valence-electron chi connectivity index (χ1n) is 20.1. The third-order valence-corrected chi connectivity index (χ3v) is 11.7. The summed E-state index contributed by atoms with van der Waals surface area (Å²) < 4.78 is 2.38. The molecule has 1 aliphatic heterocycles. The molecule has 0 fully saturated rings. The highest BCUT2D eigenvalue weighted by Crippen LogP contribution is 2.42. The smallest absolute Gasteiger partial charge is 0.0865 e. The van der Waals surface area contributed by atoms with Crippen LogP contribution in [0.4, 0.5) is 0 Å². The summed E-state index contributed by atoms with van der Waals surface area (Å²) in [7, 11) is 0. The van der Waals surface area contributed by atoms with E-state index in [1.54, 1.807) is 0 Å². The SMILES string of the molecule is C1=C(/c2cc(-c3ccc4c(c3)c3ccccc3n4-c3ccccc3)cc3c4ccccc4c4ccccc4c23)N/C=C(c2ccccc2)/N=C(/c2ccccc2)CC/1. The molecule has 10 aromatic rings. The Hall–Kier alpha value is -7.49. The molecule has 0 saturated heterocycles. The average Bonchev–Trinajstić information content (AvgIpc) is 3.68. The average molecular weight is 742 g/mol. The van der Waals surface area contributed by atoms with E-state index in [2.05, 4.69) is 216 Å². The van der Waals surface area contributed by atoms with Crippen LogP contribution in [-0.2, 0) is 0 Å². The second kappa shape index (κ2) is 14.2. The number of fused-ring (bicyclic) bond motifs is 9. The summed E-state index contributed by atoms with van der Waals surface area (Å²) in [6.07, 6.45) is 6.11. The number of benzene rings is 9. The number of hydrogen-bond acceptors (Lipinski definition) is 2. The molecule has 1 aliphatic rings. The lowest BCUT2D eigenvalue weighted by Gasteiger charge is -2.19. The van der Waals surface area contributed by atoms with Gasteiger partial charge in [-0.3, -0.25) is 4.99 Å². The molecular formula is C55H39N3. The number of nitrogens with one attached hydrogen (secondary N) is 1.